The standard InChI is InChI=1S/C22H29ClN6O3/c1-13(2)11-28(19-20(25)29(12-14(3)4)22(32)27-21(19)31)8-7-18(30)26-16-6-5-15(10-24)17(23)9-16/h5-6,9,13-14H,7-8,11-12,25H2,1-4H3,(H,26,30)(H,27,31,32). The first-order valence-electron chi connectivity index (χ1n) is 10.4. The van der Waals surface area contributed by atoms with Gasteiger partial charge in [-0.1, -0.05) is 39.3 Å². The van der Waals surface area contributed by atoms with Gasteiger partial charge in [-0.2, -0.15) is 5.26 Å². The van der Waals surface area contributed by atoms with Crippen molar-refractivity contribution in [1.82, 2.24) is 9.55 Å². The lowest BCUT2D eigenvalue weighted by Crippen LogP contribution is -2.41. The highest BCUT2D eigenvalue weighted by Gasteiger charge is 2.21. The van der Waals surface area contributed by atoms with Crippen LogP contribution in [-0.2, 0) is 11.3 Å². The van der Waals surface area contributed by atoms with Gasteiger partial charge in [-0.15, -0.1) is 0 Å². The molecule has 0 unspecified atom stereocenters. The molecule has 172 valence electrons. The Balaban J connectivity index is 2.25. The minimum absolute atomic E-state index is 0.0759. The van der Waals surface area contributed by atoms with Gasteiger partial charge in [-0.3, -0.25) is 19.1 Å². The van der Waals surface area contributed by atoms with Gasteiger partial charge >= 0.3 is 5.69 Å². The van der Waals surface area contributed by atoms with Crippen molar-refractivity contribution >= 4 is 34.7 Å². The van der Waals surface area contributed by atoms with Gasteiger partial charge < -0.3 is 16.0 Å². The summed E-state index contributed by atoms with van der Waals surface area (Å²) in [5.74, 6) is 0.134. The molecule has 0 aliphatic heterocycles. The number of carbonyl (C=O) groups excluding carboxylic acids is 1. The molecule has 0 bridgehead atoms. The second-order valence-corrected chi connectivity index (χ2v) is 8.85. The van der Waals surface area contributed by atoms with Crippen LogP contribution < -0.4 is 27.2 Å². The molecular weight excluding hydrogens is 432 g/mol. The second-order valence-electron chi connectivity index (χ2n) is 8.44. The number of aromatic amines is 1. The number of hydrogen-bond donors (Lipinski definition) is 3. The minimum Gasteiger partial charge on any atom is -0.383 e. The number of nitriles is 1. The van der Waals surface area contributed by atoms with Crippen LogP contribution in [0.5, 0.6) is 0 Å². The van der Waals surface area contributed by atoms with E-state index < -0.39 is 11.2 Å². The summed E-state index contributed by atoms with van der Waals surface area (Å²) in [6, 6.07) is 6.60. The third kappa shape index (κ3) is 6.37. The van der Waals surface area contributed by atoms with Crippen LogP contribution in [0.3, 0.4) is 0 Å². The van der Waals surface area contributed by atoms with Gasteiger partial charge in [-0.25, -0.2) is 4.79 Å². The Hall–Kier alpha value is -3.25. The summed E-state index contributed by atoms with van der Waals surface area (Å²) in [6.45, 7) is 8.93. The van der Waals surface area contributed by atoms with E-state index in [4.69, 9.17) is 22.6 Å². The highest BCUT2D eigenvalue weighted by atomic mass is 35.5. The monoisotopic (exact) mass is 460 g/mol. The van der Waals surface area contributed by atoms with Crippen molar-refractivity contribution in [2.24, 2.45) is 11.8 Å². The fraction of sp³-hybridized carbons (Fsp3) is 0.455. The number of anilines is 3. The molecule has 1 heterocycles. The van der Waals surface area contributed by atoms with Crippen molar-refractivity contribution in [2.75, 3.05) is 29.0 Å². The van der Waals surface area contributed by atoms with Gasteiger partial charge in [0.05, 0.1) is 10.6 Å². The number of nitrogen functional groups attached to an aromatic ring is 1. The zero-order valence-corrected chi connectivity index (χ0v) is 19.5. The zero-order valence-electron chi connectivity index (χ0n) is 18.7. The molecule has 1 amide bonds. The van der Waals surface area contributed by atoms with Crippen LogP contribution in [0.4, 0.5) is 17.2 Å². The molecule has 0 aliphatic rings. The molecule has 0 atom stereocenters. The number of rotatable bonds is 9. The molecule has 0 radical (unpaired) electrons. The predicted molar refractivity (Wildman–Crippen MR) is 127 cm³/mol. The first-order valence-corrected chi connectivity index (χ1v) is 10.8. The quantitative estimate of drug-likeness (QED) is 0.526. The molecule has 2 aromatic rings. The Morgan fingerprint density at radius 2 is 1.97 bits per heavy atom. The predicted octanol–water partition coefficient (Wildman–Crippen LogP) is 2.79. The number of nitrogens with zero attached hydrogens (tertiary/aromatic N) is 3. The number of amides is 1. The molecule has 0 saturated carbocycles. The molecule has 2 rings (SSSR count). The van der Waals surface area contributed by atoms with Crippen LogP contribution in [0, 0.1) is 23.2 Å². The van der Waals surface area contributed by atoms with E-state index in [9.17, 15) is 14.4 Å². The van der Waals surface area contributed by atoms with E-state index in [1.807, 2.05) is 33.8 Å². The molecule has 0 fully saturated rings. The second kappa shape index (κ2) is 10.9. The van der Waals surface area contributed by atoms with E-state index in [-0.39, 0.29) is 47.2 Å². The van der Waals surface area contributed by atoms with Crippen molar-refractivity contribution in [2.45, 2.75) is 40.7 Å². The van der Waals surface area contributed by atoms with E-state index >= 15 is 0 Å². The van der Waals surface area contributed by atoms with Gasteiger partial charge in [0.2, 0.25) is 5.91 Å². The van der Waals surface area contributed by atoms with E-state index in [2.05, 4.69) is 10.3 Å². The zero-order chi connectivity index (χ0) is 24.0. The summed E-state index contributed by atoms with van der Waals surface area (Å²) in [5.41, 5.74) is 6.09. The molecule has 0 saturated heterocycles. The van der Waals surface area contributed by atoms with Crippen LogP contribution >= 0.6 is 11.6 Å². The molecule has 1 aromatic heterocycles. The number of nitrogens with one attached hydrogen (secondary N) is 2. The Labute approximate surface area is 191 Å². The number of H-pyrrole nitrogens is 1. The maximum atomic E-state index is 12.6. The van der Waals surface area contributed by atoms with Crippen LogP contribution in [0.2, 0.25) is 5.02 Å². The SMILES string of the molecule is CC(C)CN(CCC(=O)Nc1ccc(C#N)c(Cl)c1)c1c(N)n(CC(C)C)c(=O)[nH]c1=O. The lowest BCUT2D eigenvalue weighted by molar-refractivity contribution is -0.116. The smallest absolute Gasteiger partial charge is 0.330 e. The minimum atomic E-state index is -0.576. The Kier molecular flexibility index (Phi) is 8.49. The fourth-order valence-corrected chi connectivity index (χ4v) is 3.53. The van der Waals surface area contributed by atoms with E-state index in [0.717, 1.165) is 0 Å². The van der Waals surface area contributed by atoms with Crippen LogP contribution in [-0.4, -0.2) is 28.5 Å². The number of carbonyl (C=O) groups is 1. The summed E-state index contributed by atoms with van der Waals surface area (Å²) in [5, 5.41) is 11.9. The average Bonchev–Trinajstić information content (AvgIpc) is 2.68. The van der Waals surface area contributed by atoms with Crippen molar-refractivity contribution in [1.29, 1.82) is 5.26 Å². The largest absolute Gasteiger partial charge is 0.383 e. The molecule has 1 aromatic carbocycles. The van der Waals surface area contributed by atoms with Crippen molar-refractivity contribution in [3.05, 3.63) is 49.6 Å². The Morgan fingerprint density at radius 3 is 2.53 bits per heavy atom. The van der Waals surface area contributed by atoms with Gasteiger partial charge in [0.1, 0.15) is 17.6 Å². The number of nitrogens with two attached hydrogens (primary N) is 1. The van der Waals surface area contributed by atoms with E-state index in [1.54, 1.807) is 11.0 Å². The summed E-state index contributed by atoms with van der Waals surface area (Å²) in [4.78, 5) is 41.5. The number of hydrogen-bond acceptors (Lipinski definition) is 6. The Morgan fingerprint density at radius 1 is 1.28 bits per heavy atom. The maximum absolute atomic E-state index is 12.6. The van der Waals surface area contributed by atoms with Gasteiger partial charge in [0, 0.05) is 31.7 Å². The summed E-state index contributed by atoms with van der Waals surface area (Å²) < 4.78 is 1.35. The van der Waals surface area contributed by atoms with Gasteiger partial charge in [0.15, 0.2) is 0 Å². The van der Waals surface area contributed by atoms with Crippen LogP contribution in [0.1, 0.15) is 39.7 Å². The molecule has 0 aliphatic carbocycles. The average molecular weight is 461 g/mol. The van der Waals surface area contributed by atoms with E-state index in [1.165, 1.54) is 16.7 Å². The topological polar surface area (TPSA) is 137 Å². The highest BCUT2D eigenvalue weighted by molar-refractivity contribution is 6.32. The number of halogens is 1. The van der Waals surface area contributed by atoms with Gasteiger partial charge in [-0.05, 0) is 30.0 Å². The van der Waals surface area contributed by atoms with Crippen molar-refractivity contribution < 1.29 is 4.79 Å². The van der Waals surface area contributed by atoms with E-state index in [0.29, 0.717) is 24.3 Å². The summed E-state index contributed by atoms with van der Waals surface area (Å²) >= 11 is 6.01. The lowest BCUT2D eigenvalue weighted by atomic mass is 10.1. The molecule has 10 heteroatoms. The molecule has 0 spiro atoms. The summed E-state index contributed by atoms with van der Waals surface area (Å²) in [6.07, 6.45) is 0.0759. The molecular formula is C22H29ClN6O3. The third-order valence-corrected chi connectivity index (χ3v) is 4.96. The van der Waals surface area contributed by atoms with Crippen molar-refractivity contribution in [3.8, 4) is 6.07 Å². The highest BCUT2D eigenvalue weighted by Crippen LogP contribution is 2.21. The third-order valence-electron chi connectivity index (χ3n) is 4.65. The van der Waals surface area contributed by atoms with Crippen LogP contribution in [0.25, 0.3) is 0 Å². The fourth-order valence-electron chi connectivity index (χ4n) is 3.31. The Bertz CT molecular complexity index is 1130. The summed E-state index contributed by atoms with van der Waals surface area (Å²) in [7, 11) is 0. The van der Waals surface area contributed by atoms with Crippen molar-refractivity contribution in [3.63, 3.8) is 0 Å². The first-order chi connectivity index (χ1) is 15.0. The number of benzene rings is 1. The van der Waals surface area contributed by atoms with Gasteiger partial charge in [0.25, 0.3) is 5.56 Å². The molecule has 9 nitrogen and oxygen atoms in total. The lowest BCUT2D eigenvalue weighted by Gasteiger charge is -2.28. The molecule has 4 N–H and O–H groups in total. The number of aromatic nitrogens is 2. The maximum Gasteiger partial charge on any atom is 0.330 e. The molecule has 32 heavy (non-hydrogen) atoms. The normalized spacial score (nSPS) is 10.9. The van der Waals surface area contributed by atoms with Crippen LogP contribution in [0.15, 0.2) is 27.8 Å². The first kappa shape index (κ1) is 25.0.